The second kappa shape index (κ2) is 3.65. The molecular weight excluding hydrogens is 195 g/mol. The van der Waals surface area contributed by atoms with E-state index in [0.29, 0.717) is 23.4 Å². The highest BCUT2D eigenvalue weighted by atomic mass is 19.1. The van der Waals surface area contributed by atoms with E-state index in [4.69, 9.17) is 0 Å². The van der Waals surface area contributed by atoms with Gasteiger partial charge in [-0.2, -0.15) is 0 Å². The Bertz CT molecular complexity index is 485. The van der Waals surface area contributed by atoms with Gasteiger partial charge in [-0.25, -0.2) is 9.37 Å². The zero-order valence-corrected chi connectivity index (χ0v) is 8.12. The van der Waals surface area contributed by atoms with E-state index in [9.17, 15) is 9.18 Å². The van der Waals surface area contributed by atoms with Gasteiger partial charge in [0.2, 0.25) is 0 Å². The van der Waals surface area contributed by atoms with Crippen molar-refractivity contribution in [3.8, 4) is 11.4 Å². The number of carbonyl (C=O) groups is 1. The van der Waals surface area contributed by atoms with Gasteiger partial charge >= 0.3 is 0 Å². The predicted molar refractivity (Wildman–Crippen MR) is 54.1 cm³/mol. The first-order chi connectivity index (χ1) is 7.19. The van der Waals surface area contributed by atoms with Gasteiger partial charge < -0.3 is 4.98 Å². The fraction of sp³-hybridized carbons (Fsp3) is 0.0909. The minimum absolute atomic E-state index is 0.311. The summed E-state index contributed by atoms with van der Waals surface area (Å²) >= 11 is 0. The first-order valence-electron chi connectivity index (χ1n) is 4.47. The molecule has 0 aliphatic rings. The van der Waals surface area contributed by atoms with Gasteiger partial charge in [0.1, 0.15) is 11.6 Å². The zero-order valence-electron chi connectivity index (χ0n) is 8.12. The molecule has 15 heavy (non-hydrogen) atoms. The van der Waals surface area contributed by atoms with Gasteiger partial charge in [-0.15, -0.1) is 0 Å². The molecule has 3 nitrogen and oxygen atoms in total. The predicted octanol–water partition coefficient (Wildman–Crippen LogP) is 2.34. The molecule has 1 heterocycles. The molecule has 1 aromatic carbocycles. The van der Waals surface area contributed by atoms with E-state index in [-0.39, 0.29) is 5.82 Å². The van der Waals surface area contributed by atoms with Crippen LogP contribution in [0.3, 0.4) is 0 Å². The van der Waals surface area contributed by atoms with Gasteiger partial charge in [0, 0.05) is 5.56 Å². The molecule has 2 aromatic rings. The summed E-state index contributed by atoms with van der Waals surface area (Å²) in [5.41, 5.74) is 1.83. The van der Waals surface area contributed by atoms with Crippen LogP contribution in [0.15, 0.2) is 24.4 Å². The molecule has 0 fully saturated rings. The van der Waals surface area contributed by atoms with Crippen molar-refractivity contribution in [3.05, 3.63) is 41.5 Å². The highest BCUT2D eigenvalue weighted by Crippen LogP contribution is 2.18. The third-order valence-corrected chi connectivity index (χ3v) is 2.04. The van der Waals surface area contributed by atoms with Gasteiger partial charge in [0.05, 0.1) is 11.9 Å². The van der Waals surface area contributed by atoms with Crippen LogP contribution in [-0.4, -0.2) is 16.3 Å². The summed E-state index contributed by atoms with van der Waals surface area (Å²) in [5.74, 6) is 0.189. The summed E-state index contributed by atoms with van der Waals surface area (Å²) in [6, 6.07) is 4.62. The molecule has 0 radical (unpaired) electrons. The number of benzene rings is 1. The number of imidazole rings is 1. The lowest BCUT2D eigenvalue weighted by molar-refractivity contribution is 0.111. The number of H-pyrrole nitrogens is 1. The highest BCUT2D eigenvalue weighted by Gasteiger charge is 2.05. The molecule has 0 aliphatic carbocycles. The molecule has 1 aromatic heterocycles. The number of aldehydes is 1. The third kappa shape index (κ3) is 1.93. The summed E-state index contributed by atoms with van der Waals surface area (Å²) in [7, 11) is 0. The van der Waals surface area contributed by atoms with E-state index in [0.717, 1.165) is 5.56 Å². The van der Waals surface area contributed by atoms with Crippen molar-refractivity contribution in [2.45, 2.75) is 6.92 Å². The molecule has 0 spiro atoms. The Kier molecular flexibility index (Phi) is 2.33. The van der Waals surface area contributed by atoms with Gasteiger partial charge in [-0.1, -0.05) is 0 Å². The van der Waals surface area contributed by atoms with E-state index in [1.165, 1.54) is 18.3 Å². The van der Waals surface area contributed by atoms with E-state index in [1.807, 2.05) is 0 Å². The molecule has 0 bridgehead atoms. The lowest BCUT2D eigenvalue weighted by Crippen LogP contribution is -1.85. The van der Waals surface area contributed by atoms with Crippen molar-refractivity contribution < 1.29 is 9.18 Å². The van der Waals surface area contributed by atoms with Gasteiger partial charge in [0.25, 0.3) is 0 Å². The Morgan fingerprint density at radius 3 is 2.80 bits per heavy atom. The van der Waals surface area contributed by atoms with Gasteiger partial charge in [-0.3, -0.25) is 4.79 Å². The Labute approximate surface area is 86.0 Å². The molecule has 1 N–H and O–H groups in total. The number of aryl methyl sites for hydroxylation is 1. The first kappa shape index (κ1) is 9.58. The topological polar surface area (TPSA) is 45.8 Å². The minimum Gasteiger partial charge on any atom is -0.336 e. The molecule has 0 unspecified atom stereocenters. The van der Waals surface area contributed by atoms with Crippen molar-refractivity contribution in [3.63, 3.8) is 0 Å². The highest BCUT2D eigenvalue weighted by molar-refractivity contribution is 5.73. The van der Waals surface area contributed by atoms with E-state index in [2.05, 4.69) is 9.97 Å². The maximum atomic E-state index is 13.1. The zero-order chi connectivity index (χ0) is 10.8. The Morgan fingerprint density at radius 2 is 2.20 bits per heavy atom. The molecule has 0 saturated heterocycles. The fourth-order valence-corrected chi connectivity index (χ4v) is 1.42. The maximum Gasteiger partial charge on any atom is 0.167 e. The summed E-state index contributed by atoms with van der Waals surface area (Å²) in [6.07, 6.45) is 2.09. The fourth-order valence-electron chi connectivity index (χ4n) is 1.42. The Balaban J connectivity index is 2.48. The average Bonchev–Trinajstić information content (AvgIpc) is 2.64. The van der Waals surface area contributed by atoms with Crippen LogP contribution in [0.2, 0.25) is 0 Å². The number of aromatic amines is 1. The maximum absolute atomic E-state index is 13.1. The Hall–Kier alpha value is -1.97. The largest absolute Gasteiger partial charge is 0.336 e. The van der Waals surface area contributed by atoms with E-state index in [1.54, 1.807) is 13.0 Å². The van der Waals surface area contributed by atoms with Crippen LogP contribution < -0.4 is 0 Å². The van der Waals surface area contributed by atoms with Gasteiger partial charge in [-0.05, 0) is 30.7 Å². The number of halogens is 1. The van der Waals surface area contributed by atoms with Gasteiger partial charge in [0.15, 0.2) is 6.29 Å². The smallest absolute Gasteiger partial charge is 0.167 e. The SMILES string of the molecule is Cc1cc(F)cc(-c2ncc(C=O)[nH]2)c1. The molecule has 76 valence electrons. The third-order valence-electron chi connectivity index (χ3n) is 2.04. The number of rotatable bonds is 2. The van der Waals surface area contributed by atoms with E-state index >= 15 is 0 Å². The second-order valence-electron chi connectivity index (χ2n) is 3.32. The number of hydrogen-bond donors (Lipinski definition) is 1. The summed E-state index contributed by atoms with van der Waals surface area (Å²) in [5, 5.41) is 0. The van der Waals surface area contributed by atoms with Crippen LogP contribution in [0.1, 0.15) is 16.1 Å². The monoisotopic (exact) mass is 204 g/mol. The summed E-state index contributed by atoms with van der Waals surface area (Å²) < 4.78 is 13.1. The summed E-state index contributed by atoms with van der Waals surface area (Å²) in [6.45, 7) is 1.80. The molecule has 2 rings (SSSR count). The van der Waals surface area contributed by atoms with E-state index < -0.39 is 0 Å². The number of carbonyl (C=O) groups excluding carboxylic acids is 1. The molecule has 0 aliphatic heterocycles. The second-order valence-corrected chi connectivity index (χ2v) is 3.32. The van der Waals surface area contributed by atoms with Crippen LogP contribution >= 0.6 is 0 Å². The van der Waals surface area contributed by atoms with Crippen LogP contribution in [-0.2, 0) is 0 Å². The van der Waals surface area contributed by atoms with Crippen LogP contribution in [0.4, 0.5) is 4.39 Å². The molecule has 0 amide bonds. The number of aromatic nitrogens is 2. The minimum atomic E-state index is -0.311. The van der Waals surface area contributed by atoms with Crippen LogP contribution in [0.25, 0.3) is 11.4 Å². The summed E-state index contributed by atoms with van der Waals surface area (Å²) in [4.78, 5) is 17.2. The average molecular weight is 204 g/mol. The van der Waals surface area contributed by atoms with Crippen molar-refractivity contribution in [2.75, 3.05) is 0 Å². The van der Waals surface area contributed by atoms with Crippen molar-refractivity contribution in [2.24, 2.45) is 0 Å². The number of hydrogen-bond acceptors (Lipinski definition) is 2. The standard InChI is InChI=1S/C11H9FN2O/c1-7-2-8(4-9(12)3-7)11-13-5-10(6-15)14-11/h2-6H,1H3,(H,13,14). The van der Waals surface area contributed by atoms with Crippen LogP contribution in [0, 0.1) is 12.7 Å². The molecular formula is C11H9FN2O. The van der Waals surface area contributed by atoms with Crippen molar-refractivity contribution in [1.82, 2.24) is 9.97 Å². The molecule has 0 saturated carbocycles. The van der Waals surface area contributed by atoms with Crippen LogP contribution in [0.5, 0.6) is 0 Å². The molecule has 4 heteroatoms. The number of nitrogens with one attached hydrogen (secondary N) is 1. The lowest BCUT2D eigenvalue weighted by Gasteiger charge is -1.99. The number of nitrogens with zero attached hydrogens (tertiary/aromatic N) is 1. The Morgan fingerprint density at radius 1 is 1.40 bits per heavy atom. The first-order valence-corrected chi connectivity index (χ1v) is 4.47. The van der Waals surface area contributed by atoms with Crippen molar-refractivity contribution in [1.29, 1.82) is 0 Å². The quantitative estimate of drug-likeness (QED) is 0.763. The lowest BCUT2D eigenvalue weighted by atomic mass is 10.1. The normalized spacial score (nSPS) is 10.3. The van der Waals surface area contributed by atoms with Crippen molar-refractivity contribution >= 4 is 6.29 Å². The molecule has 0 atom stereocenters.